The minimum atomic E-state index is -0.332. The molecule has 4 aromatic rings. The molecule has 1 atom stereocenters. The Morgan fingerprint density at radius 2 is 1.80 bits per heavy atom. The van der Waals surface area contributed by atoms with Crippen molar-refractivity contribution >= 4 is 22.7 Å². The van der Waals surface area contributed by atoms with Gasteiger partial charge in [0.2, 0.25) is 12.7 Å². The molecule has 2 aliphatic rings. The third-order valence-electron chi connectivity index (χ3n) is 7.02. The summed E-state index contributed by atoms with van der Waals surface area (Å²) in [6, 6.07) is 21.1. The van der Waals surface area contributed by atoms with Gasteiger partial charge in [-0.15, -0.1) is 0 Å². The van der Waals surface area contributed by atoms with Crippen LogP contribution in [0.1, 0.15) is 38.8 Å². The van der Waals surface area contributed by atoms with Crippen LogP contribution in [0.3, 0.4) is 0 Å². The van der Waals surface area contributed by atoms with E-state index in [1.54, 1.807) is 4.90 Å². The standard InChI is InChI=1S/C28H25N3O4/c1-17-26(21-9-5-6-10-22(21)30(17)2)27-19-7-3-4-8-20(19)28(33)31(27)15-25(32)29-14-18-11-12-23-24(13-18)35-16-34-23/h3-13,27H,14-16H2,1-2H3,(H,29,32)/t27-/m0/s1. The van der Waals surface area contributed by atoms with E-state index < -0.39 is 0 Å². The first-order valence-electron chi connectivity index (χ1n) is 11.6. The molecule has 7 heteroatoms. The highest BCUT2D eigenvalue weighted by atomic mass is 16.7. The number of para-hydroxylation sites is 1. The maximum absolute atomic E-state index is 13.5. The Kier molecular flexibility index (Phi) is 4.99. The molecule has 0 aliphatic carbocycles. The van der Waals surface area contributed by atoms with Crippen molar-refractivity contribution in [2.24, 2.45) is 7.05 Å². The van der Waals surface area contributed by atoms with E-state index in [0.717, 1.165) is 33.3 Å². The second kappa shape index (κ2) is 8.20. The summed E-state index contributed by atoms with van der Waals surface area (Å²) in [6.45, 7) is 2.57. The van der Waals surface area contributed by atoms with Gasteiger partial charge >= 0.3 is 0 Å². The molecule has 0 spiro atoms. The first kappa shape index (κ1) is 21.3. The predicted molar refractivity (Wildman–Crippen MR) is 131 cm³/mol. The molecule has 6 rings (SSSR count). The van der Waals surface area contributed by atoms with Crippen molar-refractivity contribution < 1.29 is 19.1 Å². The SMILES string of the molecule is Cc1c([C@@H]2c3ccccc3C(=O)N2CC(=O)NCc2ccc3c(c2)OCO3)c2ccccc2n1C. The van der Waals surface area contributed by atoms with Crippen LogP contribution in [0, 0.1) is 6.92 Å². The lowest BCUT2D eigenvalue weighted by Crippen LogP contribution is -2.39. The molecule has 176 valence electrons. The van der Waals surface area contributed by atoms with Gasteiger partial charge < -0.3 is 24.3 Å². The topological polar surface area (TPSA) is 72.8 Å². The van der Waals surface area contributed by atoms with Crippen LogP contribution in [0.25, 0.3) is 10.9 Å². The van der Waals surface area contributed by atoms with E-state index in [0.29, 0.717) is 23.6 Å². The van der Waals surface area contributed by atoms with Crippen molar-refractivity contribution in [2.45, 2.75) is 19.5 Å². The average Bonchev–Trinajstić information content (AvgIpc) is 3.52. The van der Waals surface area contributed by atoms with Gasteiger partial charge in [0.05, 0.1) is 6.04 Å². The Morgan fingerprint density at radius 1 is 1.03 bits per heavy atom. The molecule has 7 nitrogen and oxygen atoms in total. The van der Waals surface area contributed by atoms with Crippen LogP contribution in [-0.4, -0.2) is 34.6 Å². The molecule has 0 unspecified atom stereocenters. The Balaban J connectivity index is 1.31. The van der Waals surface area contributed by atoms with Crippen LogP contribution in [0.2, 0.25) is 0 Å². The number of amides is 2. The molecular weight excluding hydrogens is 442 g/mol. The molecule has 3 heterocycles. The number of aromatic nitrogens is 1. The molecule has 0 bridgehead atoms. The minimum Gasteiger partial charge on any atom is -0.454 e. The number of aryl methyl sites for hydroxylation is 1. The molecule has 1 N–H and O–H groups in total. The fourth-order valence-corrected chi connectivity index (χ4v) is 5.20. The third-order valence-corrected chi connectivity index (χ3v) is 7.02. The van der Waals surface area contributed by atoms with Crippen LogP contribution in [0.4, 0.5) is 0 Å². The molecule has 2 amide bonds. The first-order chi connectivity index (χ1) is 17.0. The number of fused-ring (bicyclic) bond motifs is 3. The van der Waals surface area contributed by atoms with Crippen molar-refractivity contribution in [1.82, 2.24) is 14.8 Å². The fraction of sp³-hybridized carbons (Fsp3) is 0.214. The van der Waals surface area contributed by atoms with Crippen molar-refractivity contribution in [2.75, 3.05) is 13.3 Å². The molecule has 2 aliphatic heterocycles. The van der Waals surface area contributed by atoms with Gasteiger partial charge in [-0.2, -0.15) is 0 Å². The highest BCUT2D eigenvalue weighted by Gasteiger charge is 2.40. The molecule has 0 saturated carbocycles. The summed E-state index contributed by atoms with van der Waals surface area (Å²) in [5.41, 5.74) is 5.72. The van der Waals surface area contributed by atoms with Crippen LogP contribution < -0.4 is 14.8 Å². The average molecular weight is 468 g/mol. The van der Waals surface area contributed by atoms with E-state index in [2.05, 4.69) is 28.9 Å². The molecule has 0 fully saturated rings. The summed E-state index contributed by atoms with van der Waals surface area (Å²) in [6.07, 6.45) is 0. The maximum atomic E-state index is 13.5. The minimum absolute atomic E-state index is 0.0363. The Morgan fingerprint density at radius 3 is 2.69 bits per heavy atom. The van der Waals surface area contributed by atoms with E-state index in [4.69, 9.17) is 9.47 Å². The number of hydrogen-bond acceptors (Lipinski definition) is 4. The second-order valence-electron chi connectivity index (χ2n) is 8.96. The van der Waals surface area contributed by atoms with Gasteiger partial charge in [0, 0.05) is 41.3 Å². The summed E-state index contributed by atoms with van der Waals surface area (Å²) in [5.74, 6) is 1.03. The van der Waals surface area contributed by atoms with Crippen molar-refractivity contribution in [3.05, 3.63) is 94.7 Å². The van der Waals surface area contributed by atoms with Gasteiger partial charge in [0.25, 0.3) is 5.91 Å². The Hall–Kier alpha value is -4.26. The van der Waals surface area contributed by atoms with E-state index in [9.17, 15) is 9.59 Å². The number of nitrogens with one attached hydrogen (secondary N) is 1. The molecular formula is C28H25N3O4. The number of rotatable bonds is 5. The highest BCUT2D eigenvalue weighted by Crippen LogP contribution is 2.43. The summed E-state index contributed by atoms with van der Waals surface area (Å²) in [5, 5.41) is 4.05. The summed E-state index contributed by atoms with van der Waals surface area (Å²) in [7, 11) is 2.03. The molecule has 35 heavy (non-hydrogen) atoms. The first-order valence-corrected chi connectivity index (χ1v) is 11.6. The van der Waals surface area contributed by atoms with E-state index >= 15 is 0 Å². The normalized spacial score (nSPS) is 16.1. The number of hydrogen-bond donors (Lipinski definition) is 1. The summed E-state index contributed by atoms with van der Waals surface area (Å²) in [4.78, 5) is 28.2. The van der Waals surface area contributed by atoms with Gasteiger partial charge in [-0.1, -0.05) is 42.5 Å². The van der Waals surface area contributed by atoms with Crippen molar-refractivity contribution in [1.29, 1.82) is 0 Å². The van der Waals surface area contributed by atoms with E-state index in [1.807, 2.05) is 61.6 Å². The largest absolute Gasteiger partial charge is 0.454 e. The summed E-state index contributed by atoms with van der Waals surface area (Å²) < 4.78 is 12.9. The second-order valence-corrected chi connectivity index (χ2v) is 8.96. The number of ether oxygens (including phenoxy) is 2. The van der Waals surface area contributed by atoms with Crippen LogP contribution in [0.5, 0.6) is 11.5 Å². The summed E-state index contributed by atoms with van der Waals surface area (Å²) >= 11 is 0. The Labute approximate surface area is 202 Å². The molecule has 1 aromatic heterocycles. The van der Waals surface area contributed by atoms with Crippen LogP contribution in [-0.2, 0) is 18.4 Å². The monoisotopic (exact) mass is 467 g/mol. The lowest BCUT2D eigenvalue weighted by atomic mass is 9.95. The maximum Gasteiger partial charge on any atom is 0.255 e. The molecule has 0 saturated heterocycles. The van der Waals surface area contributed by atoms with Crippen molar-refractivity contribution in [3.63, 3.8) is 0 Å². The molecule has 0 radical (unpaired) electrons. The fourth-order valence-electron chi connectivity index (χ4n) is 5.20. The van der Waals surface area contributed by atoms with Gasteiger partial charge in [0.1, 0.15) is 6.54 Å². The zero-order chi connectivity index (χ0) is 24.1. The predicted octanol–water partition coefficient (Wildman–Crippen LogP) is 4.08. The number of carbonyl (C=O) groups excluding carboxylic acids is 2. The van der Waals surface area contributed by atoms with E-state index in [-0.39, 0.29) is 31.2 Å². The third kappa shape index (κ3) is 3.43. The lowest BCUT2D eigenvalue weighted by molar-refractivity contribution is -0.122. The zero-order valence-corrected chi connectivity index (χ0v) is 19.6. The smallest absolute Gasteiger partial charge is 0.255 e. The lowest BCUT2D eigenvalue weighted by Gasteiger charge is -2.26. The number of carbonyl (C=O) groups is 2. The zero-order valence-electron chi connectivity index (χ0n) is 19.6. The van der Waals surface area contributed by atoms with Crippen LogP contribution >= 0.6 is 0 Å². The number of nitrogens with zero attached hydrogens (tertiary/aromatic N) is 2. The van der Waals surface area contributed by atoms with E-state index in [1.165, 1.54) is 0 Å². The molecule has 3 aromatic carbocycles. The van der Waals surface area contributed by atoms with Gasteiger partial charge in [0.15, 0.2) is 11.5 Å². The Bertz CT molecular complexity index is 1490. The van der Waals surface area contributed by atoms with Crippen LogP contribution in [0.15, 0.2) is 66.7 Å². The number of benzene rings is 3. The van der Waals surface area contributed by atoms with Gasteiger partial charge in [-0.05, 0) is 42.3 Å². The van der Waals surface area contributed by atoms with Crippen molar-refractivity contribution in [3.8, 4) is 11.5 Å². The van der Waals surface area contributed by atoms with Gasteiger partial charge in [-0.3, -0.25) is 9.59 Å². The highest BCUT2D eigenvalue weighted by molar-refractivity contribution is 6.02. The van der Waals surface area contributed by atoms with Gasteiger partial charge in [-0.25, -0.2) is 0 Å². The quantitative estimate of drug-likeness (QED) is 0.480.